The Hall–Kier alpha value is 0.1000. The maximum atomic E-state index is 5.90. The first-order chi connectivity index (χ1) is 6.74. The van der Waals surface area contributed by atoms with Crippen LogP contribution in [0.5, 0.6) is 0 Å². The maximum Gasteiger partial charge on any atom is 0.106 e. The Labute approximate surface area is 103 Å². The summed E-state index contributed by atoms with van der Waals surface area (Å²) in [5.41, 5.74) is 1.06. The van der Waals surface area contributed by atoms with Crippen molar-refractivity contribution in [1.29, 1.82) is 0 Å². The molecule has 0 aromatic rings. The summed E-state index contributed by atoms with van der Waals surface area (Å²) in [7, 11) is 0. The number of rotatable bonds is 4. The SMILES string of the molecule is S=C(NCCNBr)C1=CCC(Cl)C=C1. The van der Waals surface area contributed by atoms with Gasteiger partial charge < -0.3 is 5.32 Å². The van der Waals surface area contributed by atoms with Gasteiger partial charge in [-0.15, -0.1) is 11.6 Å². The van der Waals surface area contributed by atoms with Crippen molar-refractivity contribution in [3.05, 3.63) is 23.8 Å². The third-order valence-electron chi connectivity index (χ3n) is 1.81. The Morgan fingerprint density at radius 3 is 3.00 bits per heavy atom. The van der Waals surface area contributed by atoms with E-state index < -0.39 is 0 Å². The highest BCUT2D eigenvalue weighted by Gasteiger charge is 2.07. The Kier molecular flexibility index (Phi) is 5.70. The second-order valence-electron chi connectivity index (χ2n) is 2.91. The Morgan fingerprint density at radius 1 is 1.64 bits per heavy atom. The second kappa shape index (κ2) is 6.56. The number of hydrogen-bond acceptors (Lipinski definition) is 2. The van der Waals surface area contributed by atoms with Crippen LogP contribution >= 0.6 is 40.0 Å². The first-order valence-corrected chi connectivity index (χ1v) is 6.02. The summed E-state index contributed by atoms with van der Waals surface area (Å²) in [6.07, 6.45) is 6.85. The molecule has 0 radical (unpaired) electrons. The van der Waals surface area contributed by atoms with Crippen LogP contribution < -0.4 is 9.66 Å². The highest BCUT2D eigenvalue weighted by Crippen LogP contribution is 2.15. The zero-order chi connectivity index (χ0) is 10.4. The van der Waals surface area contributed by atoms with Gasteiger partial charge in [0.25, 0.3) is 0 Å². The van der Waals surface area contributed by atoms with E-state index in [9.17, 15) is 0 Å². The molecule has 1 unspecified atom stereocenters. The van der Waals surface area contributed by atoms with Crippen molar-refractivity contribution in [3.63, 3.8) is 0 Å². The lowest BCUT2D eigenvalue weighted by Gasteiger charge is -2.12. The van der Waals surface area contributed by atoms with Crippen molar-refractivity contribution in [2.75, 3.05) is 13.1 Å². The van der Waals surface area contributed by atoms with Crippen molar-refractivity contribution < 1.29 is 0 Å². The minimum atomic E-state index is 0.116. The molecule has 1 aliphatic carbocycles. The van der Waals surface area contributed by atoms with Gasteiger partial charge in [-0.25, -0.2) is 0 Å². The largest absolute Gasteiger partial charge is 0.374 e. The van der Waals surface area contributed by atoms with E-state index in [0.717, 1.165) is 30.1 Å². The minimum Gasteiger partial charge on any atom is -0.374 e. The van der Waals surface area contributed by atoms with Crippen molar-refractivity contribution in [1.82, 2.24) is 9.66 Å². The van der Waals surface area contributed by atoms with Gasteiger partial charge in [0.15, 0.2) is 0 Å². The number of hydrogen-bond donors (Lipinski definition) is 2. The zero-order valence-electron chi connectivity index (χ0n) is 7.59. The molecule has 2 N–H and O–H groups in total. The first-order valence-electron chi connectivity index (χ1n) is 4.38. The van der Waals surface area contributed by atoms with E-state index in [1.165, 1.54) is 0 Å². The van der Waals surface area contributed by atoms with Crippen LogP contribution in [0.25, 0.3) is 0 Å². The van der Waals surface area contributed by atoms with Gasteiger partial charge in [0, 0.05) is 34.8 Å². The second-order valence-corrected chi connectivity index (χ2v) is 4.44. The summed E-state index contributed by atoms with van der Waals surface area (Å²) in [5.74, 6) is 0. The summed E-state index contributed by atoms with van der Waals surface area (Å²) in [5, 5.41) is 3.26. The number of thiocarbonyl (C=S) groups is 1. The van der Waals surface area contributed by atoms with E-state index in [1.807, 2.05) is 12.2 Å². The molecular weight excluding hydrogens is 284 g/mol. The average molecular weight is 296 g/mol. The Balaban J connectivity index is 2.35. The summed E-state index contributed by atoms with van der Waals surface area (Å²) in [4.78, 5) is 0.785. The average Bonchev–Trinajstić information content (AvgIpc) is 2.19. The molecule has 0 fully saturated rings. The third kappa shape index (κ3) is 4.09. The minimum absolute atomic E-state index is 0.116. The van der Waals surface area contributed by atoms with Crippen LogP contribution in [-0.2, 0) is 0 Å². The highest BCUT2D eigenvalue weighted by atomic mass is 79.9. The van der Waals surface area contributed by atoms with Crippen molar-refractivity contribution in [2.45, 2.75) is 11.8 Å². The number of halogens is 2. The molecule has 0 bridgehead atoms. The molecule has 0 heterocycles. The zero-order valence-corrected chi connectivity index (χ0v) is 10.8. The van der Waals surface area contributed by atoms with Crippen LogP contribution in [-0.4, -0.2) is 23.5 Å². The molecular formula is C9H12BrClN2S. The molecule has 0 amide bonds. The lowest BCUT2D eigenvalue weighted by molar-refractivity contribution is 0.852. The van der Waals surface area contributed by atoms with Gasteiger partial charge in [-0.05, 0) is 6.42 Å². The molecule has 1 rings (SSSR count). The van der Waals surface area contributed by atoms with Crippen molar-refractivity contribution in [2.24, 2.45) is 0 Å². The van der Waals surface area contributed by atoms with Crippen LogP contribution in [0.1, 0.15) is 6.42 Å². The van der Waals surface area contributed by atoms with E-state index in [0.29, 0.717) is 0 Å². The summed E-state index contributed by atoms with van der Waals surface area (Å²) in [6.45, 7) is 1.63. The molecule has 5 heteroatoms. The molecule has 0 aliphatic heterocycles. The summed E-state index contributed by atoms with van der Waals surface area (Å²) < 4.78 is 2.86. The quantitative estimate of drug-likeness (QED) is 0.360. The molecule has 0 aromatic heterocycles. The predicted molar refractivity (Wildman–Crippen MR) is 69.0 cm³/mol. The number of allylic oxidation sites excluding steroid dienone is 2. The highest BCUT2D eigenvalue weighted by molar-refractivity contribution is 9.08. The van der Waals surface area contributed by atoms with E-state index in [4.69, 9.17) is 23.8 Å². The summed E-state index contributed by atoms with van der Waals surface area (Å²) in [6, 6.07) is 0. The van der Waals surface area contributed by atoms with Crippen LogP contribution in [0.3, 0.4) is 0 Å². The van der Waals surface area contributed by atoms with E-state index in [2.05, 4.69) is 31.9 Å². The molecule has 78 valence electrons. The van der Waals surface area contributed by atoms with E-state index >= 15 is 0 Å². The number of nitrogens with one attached hydrogen (secondary N) is 2. The van der Waals surface area contributed by atoms with E-state index in [-0.39, 0.29) is 5.38 Å². The fourth-order valence-corrected chi connectivity index (χ4v) is 1.70. The molecule has 1 aliphatic rings. The normalized spacial score (nSPS) is 20.4. The molecule has 1 atom stereocenters. The van der Waals surface area contributed by atoms with E-state index in [1.54, 1.807) is 0 Å². The molecule has 0 saturated carbocycles. The van der Waals surface area contributed by atoms with Gasteiger partial charge in [0.1, 0.15) is 4.99 Å². The molecule has 0 spiro atoms. The fourth-order valence-electron chi connectivity index (χ4n) is 1.09. The predicted octanol–water partition coefficient (Wildman–Crippen LogP) is 2.30. The van der Waals surface area contributed by atoms with Gasteiger partial charge in [-0.2, -0.15) is 0 Å². The van der Waals surface area contributed by atoms with Gasteiger partial charge in [-0.3, -0.25) is 4.34 Å². The van der Waals surface area contributed by atoms with Gasteiger partial charge in [0.05, 0.1) is 5.38 Å². The standard InChI is InChI=1S/C9H12BrClN2S/c10-13-6-5-12-9(14)7-1-3-8(11)4-2-7/h1-3,8,13H,4-6H2,(H,12,14). The molecule has 0 saturated heterocycles. The molecule has 2 nitrogen and oxygen atoms in total. The first kappa shape index (κ1) is 12.2. The van der Waals surface area contributed by atoms with Gasteiger partial charge in [0.2, 0.25) is 0 Å². The maximum absolute atomic E-state index is 5.90. The summed E-state index contributed by atoms with van der Waals surface area (Å²) >= 11 is 14.2. The van der Waals surface area contributed by atoms with Crippen molar-refractivity contribution >= 4 is 45.0 Å². The van der Waals surface area contributed by atoms with Gasteiger partial charge >= 0.3 is 0 Å². The van der Waals surface area contributed by atoms with Crippen LogP contribution in [0.4, 0.5) is 0 Å². The van der Waals surface area contributed by atoms with Crippen LogP contribution in [0.2, 0.25) is 0 Å². The lowest BCUT2D eigenvalue weighted by Crippen LogP contribution is -2.29. The van der Waals surface area contributed by atoms with Crippen LogP contribution in [0.15, 0.2) is 23.8 Å². The van der Waals surface area contributed by atoms with Crippen LogP contribution in [0, 0.1) is 0 Å². The smallest absolute Gasteiger partial charge is 0.106 e. The lowest BCUT2D eigenvalue weighted by atomic mass is 10.1. The van der Waals surface area contributed by atoms with Gasteiger partial charge in [-0.1, -0.05) is 30.4 Å². The molecule has 0 aromatic carbocycles. The monoisotopic (exact) mass is 294 g/mol. The number of alkyl halides is 1. The van der Waals surface area contributed by atoms with Crippen molar-refractivity contribution in [3.8, 4) is 0 Å². The third-order valence-corrected chi connectivity index (χ3v) is 2.91. The fraction of sp³-hybridized carbons (Fsp3) is 0.444. The molecule has 14 heavy (non-hydrogen) atoms. The topological polar surface area (TPSA) is 24.1 Å². The Morgan fingerprint density at radius 2 is 2.43 bits per heavy atom. The Bertz CT molecular complexity index is 266.